The third-order valence-electron chi connectivity index (χ3n) is 8.53. The predicted octanol–water partition coefficient (Wildman–Crippen LogP) is 10.5. The van der Waals surface area contributed by atoms with Crippen LogP contribution >= 0.6 is 0 Å². The molecule has 234 valence electrons. The predicted molar refractivity (Wildman–Crippen MR) is 180 cm³/mol. The van der Waals surface area contributed by atoms with Crippen LogP contribution in [-0.4, -0.2) is 17.3 Å². The molecule has 42 heavy (non-hydrogen) atoms. The molecule has 3 unspecified atom stereocenters. The summed E-state index contributed by atoms with van der Waals surface area (Å²) >= 11 is 0. The molecule has 2 aromatic rings. The number of hydrogen-bond donors (Lipinski definition) is 0. The van der Waals surface area contributed by atoms with Gasteiger partial charge in [0, 0.05) is 17.9 Å². The van der Waals surface area contributed by atoms with E-state index in [0.717, 1.165) is 49.7 Å². The Hall–Kier alpha value is -2.55. The second-order valence-corrected chi connectivity index (χ2v) is 12.8. The zero-order valence-corrected chi connectivity index (χ0v) is 28.8. The van der Waals surface area contributed by atoms with Gasteiger partial charge in [0.15, 0.2) is 5.78 Å². The number of benzene rings is 2. The Morgan fingerprint density at radius 1 is 0.929 bits per heavy atom. The smallest absolute Gasteiger partial charge is 0.163 e. The van der Waals surface area contributed by atoms with E-state index >= 15 is 0 Å². The average Bonchev–Trinajstić information content (AvgIpc) is 2.91. The third kappa shape index (κ3) is 11.3. The first-order valence-corrected chi connectivity index (χ1v) is 16.6. The maximum absolute atomic E-state index is 13.2. The Balaban J connectivity index is 0.000000611. The molecule has 0 amide bonds. The second-order valence-electron chi connectivity index (χ2n) is 12.8. The largest absolute Gasteiger partial charge is 0.300 e. The summed E-state index contributed by atoms with van der Waals surface area (Å²) in [4.78, 5) is 37.5. The minimum absolute atomic E-state index is 0.0428. The van der Waals surface area contributed by atoms with E-state index < -0.39 is 0 Å². The van der Waals surface area contributed by atoms with Gasteiger partial charge < -0.3 is 0 Å². The second kappa shape index (κ2) is 18.9. The molecule has 3 nitrogen and oxygen atoms in total. The van der Waals surface area contributed by atoms with Crippen molar-refractivity contribution in [2.75, 3.05) is 0 Å². The Kier molecular flexibility index (Phi) is 16.8. The lowest BCUT2D eigenvalue weighted by Gasteiger charge is -2.33. The van der Waals surface area contributed by atoms with Crippen molar-refractivity contribution in [2.24, 2.45) is 17.8 Å². The first-order valence-electron chi connectivity index (χ1n) is 16.6. The van der Waals surface area contributed by atoms with E-state index in [1.54, 1.807) is 0 Å². The van der Waals surface area contributed by atoms with Crippen LogP contribution < -0.4 is 0 Å². The van der Waals surface area contributed by atoms with Gasteiger partial charge in [0.1, 0.15) is 11.6 Å². The Morgan fingerprint density at radius 2 is 1.52 bits per heavy atom. The fourth-order valence-electron chi connectivity index (χ4n) is 6.31. The lowest BCUT2D eigenvalue weighted by atomic mass is 9.70. The number of carbonyl (C=O) groups is 3. The van der Waals surface area contributed by atoms with E-state index in [9.17, 15) is 14.4 Å². The number of aryl methyl sites for hydroxylation is 3. The minimum Gasteiger partial charge on any atom is -0.300 e. The molecule has 0 aliphatic heterocycles. The Morgan fingerprint density at radius 3 is 2.00 bits per heavy atom. The van der Waals surface area contributed by atoms with Crippen molar-refractivity contribution in [2.45, 2.75) is 140 Å². The van der Waals surface area contributed by atoms with Crippen LogP contribution in [0.4, 0.5) is 0 Å². The molecule has 0 N–H and O–H groups in total. The van der Waals surface area contributed by atoms with Crippen LogP contribution in [0.25, 0.3) is 0 Å². The van der Waals surface area contributed by atoms with Crippen molar-refractivity contribution in [3.63, 3.8) is 0 Å². The number of ketones is 3. The van der Waals surface area contributed by atoms with Crippen LogP contribution in [0.15, 0.2) is 30.3 Å². The highest BCUT2D eigenvalue weighted by Crippen LogP contribution is 2.39. The molecule has 0 aromatic heterocycles. The highest BCUT2D eigenvalue weighted by Gasteiger charge is 2.34. The first kappa shape index (κ1) is 37.5. The van der Waals surface area contributed by atoms with E-state index in [4.69, 9.17) is 0 Å². The van der Waals surface area contributed by atoms with Crippen molar-refractivity contribution < 1.29 is 14.4 Å². The average molecular weight is 577 g/mol. The monoisotopic (exact) mass is 576 g/mol. The topological polar surface area (TPSA) is 51.2 Å². The van der Waals surface area contributed by atoms with Gasteiger partial charge >= 0.3 is 0 Å². The molecule has 1 aliphatic rings. The molecule has 2 aromatic carbocycles. The summed E-state index contributed by atoms with van der Waals surface area (Å²) in [5.41, 5.74) is 8.60. The quantitative estimate of drug-likeness (QED) is 0.250. The van der Waals surface area contributed by atoms with Gasteiger partial charge in [-0.2, -0.15) is 0 Å². The summed E-state index contributed by atoms with van der Waals surface area (Å²) in [6.07, 6.45) is 7.58. The first-order chi connectivity index (χ1) is 19.8. The molecular weight excluding hydrogens is 516 g/mol. The van der Waals surface area contributed by atoms with Gasteiger partial charge in [-0.1, -0.05) is 104 Å². The fourth-order valence-corrected chi connectivity index (χ4v) is 6.31. The van der Waals surface area contributed by atoms with Crippen LogP contribution in [-0.2, 0) is 22.4 Å². The molecule has 0 bridgehead atoms. The lowest BCUT2D eigenvalue weighted by Crippen LogP contribution is -2.30. The highest BCUT2D eigenvalue weighted by atomic mass is 16.1. The van der Waals surface area contributed by atoms with Gasteiger partial charge in [-0.05, 0) is 98.9 Å². The van der Waals surface area contributed by atoms with Gasteiger partial charge in [0.25, 0.3) is 0 Å². The SMILES string of the molecule is CCC.CCCC(CC1CC(=O)c2c(C)c(C)cc(C(C)C)c2C1)C(CC)C(=O)CC(C)=O.CCc1ccc(C)cc1. The van der Waals surface area contributed by atoms with E-state index in [2.05, 4.69) is 99.6 Å². The van der Waals surface area contributed by atoms with Gasteiger partial charge in [-0.3, -0.25) is 14.4 Å². The molecular formula is C39H60O3. The number of Topliss-reactive ketones (excluding diaryl/α,β-unsaturated/α-hetero) is 3. The summed E-state index contributed by atoms with van der Waals surface area (Å²) < 4.78 is 0. The van der Waals surface area contributed by atoms with Crippen molar-refractivity contribution in [3.8, 4) is 0 Å². The minimum atomic E-state index is -0.0744. The molecule has 0 fully saturated rings. The molecule has 0 radical (unpaired) electrons. The van der Waals surface area contributed by atoms with Crippen LogP contribution in [0.3, 0.4) is 0 Å². The van der Waals surface area contributed by atoms with Crippen molar-refractivity contribution in [1.82, 2.24) is 0 Å². The van der Waals surface area contributed by atoms with Crippen molar-refractivity contribution in [1.29, 1.82) is 0 Å². The maximum atomic E-state index is 13.2. The number of rotatable bonds is 11. The standard InChI is InChI=1S/C27H40O3.C9H12.C3H8/c1-8-10-21(22(9-2)25(29)12-18(6)28)13-20-14-24-23(16(3)4)11-17(5)19(7)27(24)26(30)15-20;1-3-9-6-4-8(2)5-7-9;1-3-2/h11,16,20-22H,8-10,12-15H2,1-7H3;4-7H,3H2,1-2H3;3H2,1-2H3. The Labute approximate surface area is 258 Å². The molecule has 3 rings (SSSR count). The lowest BCUT2D eigenvalue weighted by molar-refractivity contribution is -0.129. The zero-order valence-electron chi connectivity index (χ0n) is 28.8. The summed E-state index contributed by atoms with van der Waals surface area (Å²) in [5.74, 6) is 1.14. The molecule has 0 saturated heterocycles. The summed E-state index contributed by atoms with van der Waals surface area (Å²) in [6.45, 7) is 22.8. The number of carbonyl (C=O) groups excluding carboxylic acids is 3. The Bertz CT molecular complexity index is 1140. The van der Waals surface area contributed by atoms with E-state index in [1.807, 2.05) is 0 Å². The van der Waals surface area contributed by atoms with Crippen LogP contribution in [0.2, 0.25) is 0 Å². The number of fused-ring (bicyclic) bond motifs is 1. The van der Waals surface area contributed by atoms with Crippen LogP contribution in [0.5, 0.6) is 0 Å². The number of hydrogen-bond acceptors (Lipinski definition) is 3. The molecule has 0 saturated carbocycles. The maximum Gasteiger partial charge on any atom is 0.163 e. The van der Waals surface area contributed by atoms with Gasteiger partial charge in [0.2, 0.25) is 0 Å². The van der Waals surface area contributed by atoms with E-state index in [-0.39, 0.29) is 41.5 Å². The summed E-state index contributed by atoms with van der Waals surface area (Å²) in [7, 11) is 0. The van der Waals surface area contributed by atoms with E-state index in [1.165, 1.54) is 41.2 Å². The summed E-state index contributed by atoms with van der Waals surface area (Å²) in [5, 5.41) is 0. The third-order valence-corrected chi connectivity index (χ3v) is 8.53. The molecule has 1 aliphatic carbocycles. The van der Waals surface area contributed by atoms with E-state index in [0.29, 0.717) is 12.3 Å². The van der Waals surface area contributed by atoms with Crippen molar-refractivity contribution >= 4 is 17.3 Å². The molecule has 0 heterocycles. The summed E-state index contributed by atoms with van der Waals surface area (Å²) in [6, 6.07) is 10.9. The fraction of sp³-hybridized carbons (Fsp3) is 0.615. The zero-order chi connectivity index (χ0) is 32.0. The van der Waals surface area contributed by atoms with Crippen LogP contribution in [0, 0.1) is 38.5 Å². The normalized spacial score (nSPS) is 15.5. The van der Waals surface area contributed by atoms with Crippen LogP contribution in [0.1, 0.15) is 150 Å². The van der Waals surface area contributed by atoms with Gasteiger partial charge in [0.05, 0.1) is 6.42 Å². The van der Waals surface area contributed by atoms with Crippen molar-refractivity contribution in [3.05, 3.63) is 69.3 Å². The van der Waals surface area contributed by atoms with Gasteiger partial charge in [-0.25, -0.2) is 0 Å². The van der Waals surface area contributed by atoms with Gasteiger partial charge in [-0.15, -0.1) is 0 Å². The molecule has 3 heteroatoms. The molecule has 0 spiro atoms. The highest BCUT2D eigenvalue weighted by molar-refractivity contribution is 6.01. The molecule has 3 atom stereocenters.